The van der Waals surface area contributed by atoms with Crippen molar-refractivity contribution in [3.63, 3.8) is 0 Å². The average Bonchev–Trinajstić information content (AvgIpc) is 3.88. The summed E-state index contributed by atoms with van der Waals surface area (Å²) < 4.78 is 11.2. The van der Waals surface area contributed by atoms with Gasteiger partial charge in [-0.1, -0.05) is 121 Å². The second-order valence-electron chi connectivity index (χ2n) is 12.8. The van der Waals surface area contributed by atoms with Crippen LogP contribution in [0.1, 0.15) is 0 Å². The zero-order valence-corrected chi connectivity index (χ0v) is 27.9. The highest BCUT2D eigenvalue weighted by molar-refractivity contribution is 7.26. The highest BCUT2D eigenvalue weighted by Crippen LogP contribution is 2.43. The van der Waals surface area contributed by atoms with Crippen molar-refractivity contribution in [1.29, 1.82) is 0 Å². The van der Waals surface area contributed by atoms with Crippen molar-refractivity contribution in [3.8, 4) is 39.9 Å². The highest BCUT2D eigenvalue weighted by atomic mass is 32.1. The lowest BCUT2D eigenvalue weighted by atomic mass is 10.1. The van der Waals surface area contributed by atoms with Crippen molar-refractivity contribution >= 4 is 75.3 Å². The number of hydrogen-bond acceptors (Lipinski definition) is 5. The van der Waals surface area contributed by atoms with E-state index in [9.17, 15) is 0 Å². The Hall–Kier alpha value is -6.63. The van der Waals surface area contributed by atoms with E-state index >= 15 is 0 Å². The molecule has 0 unspecified atom stereocenters. The van der Waals surface area contributed by atoms with Crippen LogP contribution in [-0.2, 0) is 0 Å². The van der Waals surface area contributed by atoms with E-state index < -0.39 is 0 Å². The molecule has 238 valence electrons. The summed E-state index contributed by atoms with van der Waals surface area (Å²) in [5.41, 5.74) is 7.81. The van der Waals surface area contributed by atoms with Crippen LogP contribution in [0, 0.1) is 0 Å². The number of nitrogens with zero attached hydrogens (tertiary/aromatic N) is 4. The van der Waals surface area contributed by atoms with Crippen LogP contribution in [0.25, 0.3) is 104 Å². The van der Waals surface area contributed by atoms with Gasteiger partial charge in [0, 0.05) is 59.4 Å². The number of fused-ring (bicyclic) bond motifs is 10. The minimum Gasteiger partial charge on any atom is -0.456 e. The predicted molar refractivity (Wildman–Crippen MR) is 211 cm³/mol. The summed E-state index contributed by atoms with van der Waals surface area (Å²) in [6.45, 7) is 0. The molecule has 0 amide bonds. The SMILES string of the molecule is c1ccc(-c2nc(-c3cccc(-n4c5ccccc5c5ccc6c7ccccc7sc6c54)c3)nc(-c3cccc4oc5ccccc5c34)n2)cc1. The smallest absolute Gasteiger partial charge is 0.164 e. The number of aromatic nitrogens is 4. The van der Waals surface area contributed by atoms with E-state index in [1.54, 1.807) is 0 Å². The molecule has 7 aromatic carbocycles. The van der Waals surface area contributed by atoms with Gasteiger partial charge in [0.2, 0.25) is 0 Å². The molecular formula is C45H26N4OS. The lowest BCUT2D eigenvalue weighted by Gasteiger charge is -2.12. The lowest BCUT2D eigenvalue weighted by molar-refractivity contribution is 0.669. The molecule has 6 heteroatoms. The van der Waals surface area contributed by atoms with E-state index in [1.807, 2.05) is 72.0 Å². The van der Waals surface area contributed by atoms with Crippen LogP contribution in [0.3, 0.4) is 0 Å². The minimum atomic E-state index is 0.602. The molecule has 51 heavy (non-hydrogen) atoms. The molecule has 0 aliphatic rings. The summed E-state index contributed by atoms with van der Waals surface area (Å²) in [4.78, 5) is 15.4. The summed E-state index contributed by atoms with van der Waals surface area (Å²) in [5, 5.41) is 7.06. The molecule has 0 fully saturated rings. The normalized spacial score (nSPS) is 11.9. The molecule has 0 radical (unpaired) electrons. The Balaban J connectivity index is 1.17. The number of para-hydroxylation sites is 2. The van der Waals surface area contributed by atoms with Crippen LogP contribution in [-0.4, -0.2) is 19.5 Å². The Morgan fingerprint density at radius 2 is 1.14 bits per heavy atom. The molecule has 0 spiro atoms. The number of benzene rings is 7. The fourth-order valence-corrected chi connectivity index (χ4v) is 8.83. The molecule has 0 aliphatic heterocycles. The van der Waals surface area contributed by atoms with Gasteiger partial charge in [0.05, 0.1) is 15.7 Å². The number of rotatable bonds is 4. The second-order valence-corrected chi connectivity index (χ2v) is 13.8. The van der Waals surface area contributed by atoms with Gasteiger partial charge in [-0.05, 0) is 36.4 Å². The van der Waals surface area contributed by atoms with Gasteiger partial charge in [0.1, 0.15) is 11.2 Å². The maximum atomic E-state index is 6.25. The molecule has 5 nitrogen and oxygen atoms in total. The van der Waals surface area contributed by atoms with E-state index in [0.29, 0.717) is 17.5 Å². The van der Waals surface area contributed by atoms with Gasteiger partial charge >= 0.3 is 0 Å². The quantitative estimate of drug-likeness (QED) is 0.187. The first kappa shape index (κ1) is 28.2. The molecule has 0 saturated heterocycles. The Morgan fingerprint density at radius 1 is 0.471 bits per heavy atom. The Bertz CT molecular complexity index is 3150. The molecule has 0 aliphatic carbocycles. The van der Waals surface area contributed by atoms with Gasteiger partial charge in [0.15, 0.2) is 17.5 Å². The zero-order valence-electron chi connectivity index (χ0n) is 27.1. The fourth-order valence-electron chi connectivity index (χ4n) is 7.59. The van der Waals surface area contributed by atoms with E-state index in [0.717, 1.165) is 49.8 Å². The summed E-state index contributed by atoms with van der Waals surface area (Å²) in [6.07, 6.45) is 0. The lowest BCUT2D eigenvalue weighted by Crippen LogP contribution is -2.01. The molecule has 0 N–H and O–H groups in total. The minimum absolute atomic E-state index is 0.602. The summed E-state index contributed by atoms with van der Waals surface area (Å²) in [7, 11) is 0. The van der Waals surface area contributed by atoms with Crippen molar-refractivity contribution in [3.05, 3.63) is 158 Å². The first-order chi connectivity index (χ1) is 25.3. The maximum absolute atomic E-state index is 6.25. The van der Waals surface area contributed by atoms with Crippen molar-refractivity contribution < 1.29 is 4.42 Å². The van der Waals surface area contributed by atoms with Crippen LogP contribution in [0.15, 0.2) is 162 Å². The third-order valence-electron chi connectivity index (χ3n) is 9.85. The van der Waals surface area contributed by atoms with Gasteiger partial charge in [-0.3, -0.25) is 0 Å². The van der Waals surface area contributed by atoms with Crippen molar-refractivity contribution in [1.82, 2.24) is 19.5 Å². The summed E-state index contributed by atoms with van der Waals surface area (Å²) in [6, 6.07) is 54.8. The van der Waals surface area contributed by atoms with Crippen LogP contribution in [0.5, 0.6) is 0 Å². The first-order valence-electron chi connectivity index (χ1n) is 16.9. The Morgan fingerprint density at radius 3 is 2.04 bits per heavy atom. The molecule has 11 aromatic rings. The molecule has 4 aromatic heterocycles. The number of furan rings is 1. The third-order valence-corrected chi connectivity index (χ3v) is 11.0. The number of thiophene rings is 1. The molecule has 11 rings (SSSR count). The van der Waals surface area contributed by atoms with Gasteiger partial charge in [-0.15, -0.1) is 11.3 Å². The van der Waals surface area contributed by atoms with E-state index in [-0.39, 0.29) is 0 Å². The maximum Gasteiger partial charge on any atom is 0.164 e. The van der Waals surface area contributed by atoms with Gasteiger partial charge < -0.3 is 8.98 Å². The van der Waals surface area contributed by atoms with E-state index in [1.165, 1.54) is 36.5 Å². The van der Waals surface area contributed by atoms with Crippen LogP contribution < -0.4 is 0 Å². The van der Waals surface area contributed by atoms with Crippen LogP contribution >= 0.6 is 11.3 Å². The predicted octanol–water partition coefficient (Wildman–Crippen LogP) is 12.2. The van der Waals surface area contributed by atoms with Gasteiger partial charge in [-0.2, -0.15) is 0 Å². The van der Waals surface area contributed by atoms with Crippen LogP contribution in [0.4, 0.5) is 0 Å². The summed E-state index contributed by atoms with van der Waals surface area (Å²) in [5.74, 6) is 1.83. The Labute approximate surface area is 295 Å². The third kappa shape index (κ3) is 4.30. The van der Waals surface area contributed by atoms with Gasteiger partial charge in [0.25, 0.3) is 0 Å². The van der Waals surface area contributed by atoms with E-state index in [4.69, 9.17) is 19.4 Å². The monoisotopic (exact) mass is 670 g/mol. The zero-order chi connectivity index (χ0) is 33.5. The van der Waals surface area contributed by atoms with Gasteiger partial charge in [-0.25, -0.2) is 15.0 Å². The van der Waals surface area contributed by atoms with Crippen molar-refractivity contribution in [2.24, 2.45) is 0 Å². The number of hydrogen-bond donors (Lipinski definition) is 0. The topological polar surface area (TPSA) is 56.7 Å². The van der Waals surface area contributed by atoms with Crippen molar-refractivity contribution in [2.45, 2.75) is 0 Å². The standard InChI is InChI=1S/C45H26N4OS/c1-2-12-27(13-3-1)43-46-44(48-45(47-43)35-19-11-22-38-40(35)34-18-5-8-21-37(34)50-38)28-14-10-15-29(26-28)49-36-20-7-4-16-30(36)32-24-25-33-31-17-6-9-23-39(31)51-42(33)41(32)49/h1-26H. The highest BCUT2D eigenvalue weighted by Gasteiger charge is 2.20. The summed E-state index contributed by atoms with van der Waals surface area (Å²) >= 11 is 1.86. The Kier molecular flexibility index (Phi) is 6.05. The molecule has 0 saturated carbocycles. The molecular weight excluding hydrogens is 645 g/mol. The molecule has 4 heterocycles. The fraction of sp³-hybridized carbons (Fsp3) is 0. The van der Waals surface area contributed by atoms with E-state index in [2.05, 4.69) is 102 Å². The average molecular weight is 671 g/mol. The largest absolute Gasteiger partial charge is 0.456 e. The second kappa shape index (κ2) is 10.9. The molecule has 0 bridgehead atoms. The first-order valence-corrected chi connectivity index (χ1v) is 17.8. The molecule has 0 atom stereocenters. The van der Waals surface area contributed by atoms with Crippen molar-refractivity contribution in [2.75, 3.05) is 0 Å². The van der Waals surface area contributed by atoms with Crippen LogP contribution in [0.2, 0.25) is 0 Å².